The van der Waals surface area contributed by atoms with E-state index in [-0.39, 0.29) is 23.8 Å². The lowest BCUT2D eigenvalue weighted by atomic mass is 10.0. The van der Waals surface area contributed by atoms with Gasteiger partial charge in [-0.15, -0.1) is 0 Å². The molecule has 4 rings (SSSR count). The van der Waals surface area contributed by atoms with Crippen molar-refractivity contribution in [1.82, 2.24) is 10.2 Å². The average molecular weight is 681 g/mol. The number of amides is 2. The molecule has 1 atom stereocenters. The van der Waals surface area contributed by atoms with Crippen LogP contribution in [0.4, 0.5) is 5.69 Å². The molecule has 2 amide bonds. The Morgan fingerprint density at radius 1 is 0.826 bits per heavy atom. The maximum absolute atomic E-state index is 14.7. The molecule has 0 saturated carbocycles. The smallest absolute Gasteiger partial charge is 0.264 e. The van der Waals surface area contributed by atoms with Gasteiger partial charge in [0, 0.05) is 28.5 Å². The lowest BCUT2D eigenvalue weighted by molar-refractivity contribution is -0.140. The van der Waals surface area contributed by atoms with E-state index < -0.39 is 34.1 Å². The van der Waals surface area contributed by atoms with Crippen LogP contribution in [-0.2, 0) is 39.0 Å². The Morgan fingerprint density at radius 2 is 1.43 bits per heavy atom. The van der Waals surface area contributed by atoms with E-state index in [9.17, 15) is 18.0 Å². The van der Waals surface area contributed by atoms with Gasteiger partial charge >= 0.3 is 0 Å². The molecule has 1 unspecified atom stereocenters. The Kier molecular flexibility index (Phi) is 11.5. The number of halogens is 2. The van der Waals surface area contributed by atoms with Gasteiger partial charge in [0.25, 0.3) is 10.0 Å². The monoisotopic (exact) mass is 679 g/mol. The molecule has 0 aliphatic heterocycles. The first kappa shape index (κ1) is 35.0. The van der Waals surface area contributed by atoms with Crippen LogP contribution in [0.1, 0.15) is 44.4 Å². The van der Waals surface area contributed by atoms with Crippen molar-refractivity contribution in [3.8, 4) is 0 Å². The maximum atomic E-state index is 14.7. The van der Waals surface area contributed by atoms with E-state index in [1.54, 1.807) is 48.5 Å². The zero-order chi connectivity index (χ0) is 33.5. The molecule has 242 valence electrons. The molecule has 0 spiro atoms. The number of aryl methyl sites for hydroxylation is 1. The van der Waals surface area contributed by atoms with Crippen LogP contribution in [0.5, 0.6) is 0 Å². The molecule has 0 fully saturated rings. The Bertz CT molecular complexity index is 1760. The zero-order valence-corrected chi connectivity index (χ0v) is 28.7. The molecule has 0 heterocycles. The van der Waals surface area contributed by atoms with Crippen molar-refractivity contribution in [1.29, 1.82) is 0 Å². The summed E-state index contributed by atoms with van der Waals surface area (Å²) in [7, 11) is -4.19. The van der Waals surface area contributed by atoms with Gasteiger partial charge in [0.05, 0.1) is 10.6 Å². The highest BCUT2D eigenvalue weighted by Gasteiger charge is 2.36. The number of hydrogen-bond acceptors (Lipinski definition) is 4. The third-order valence-corrected chi connectivity index (χ3v) is 9.74. The highest BCUT2D eigenvalue weighted by atomic mass is 35.5. The van der Waals surface area contributed by atoms with Crippen LogP contribution >= 0.6 is 23.2 Å². The molecule has 4 aromatic carbocycles. The number of rotatable bonds is 12. The van der Waals surface area contributed by atoms with Crippen molar-refractivity contribution in [2.45, 2.75) is 63.6 Å². The topological polar surface area (TPSA) is 86.8 Å². The summed E-state index contributed by atoms with van der Waals surface area (Å²) in [6.07, 6.45) is 0.733. The summed E-state index contributed by atoms with van der Waals surface area (Å²) < 4.78 is 29.6. The largest absolute Gasteiger partial charge is 0.350 e. The van der Waals surface area contributed by atoms with Gasteiger partial charge in [0.15, 0.2) is 0 Å². The van der Waals surface area contributed by atoms with Crippen molar-refractivity contribution in [2.24, 2.45) is 0 Å². The number of benzene rings is 4. The van der Waals surface area contributed by atoms with Crippen LogP contribution in [0.3, 0.4) is 0 Å². The van der Waals surface area contributed by atoms with Gasteiger partial charge in [0.2, 0.25) is 11.8 Å². The second kappa shape index (κ2) is 15.2. The number of carbonyl (C=O) groups excluding carboxylic acids is 2. The molecule has 0 saturated heterocycles. The summed E-state index contributed by atoms with van der Waals surface area (Å²) in [6.45, 7) is 6.91. The number of nitrogens with one attached hydrogen (secondary N) is 1. The molecule has 0 aliphatic carbocycles. The molecule has 0 bridgehead atoms. The third kappa shape index (κ3) is 8.90. The van der Waals surface area contributed by atoms with Gasteiger partial charge in [-0.3, -0.25) is 13.9 Å². The quantitative estimate of drug-likeness (QED) is 0.170. The first-order chi connectivity index (χ1) is 21.8. The SMILES string of the molecule is CCc1ccccc1N(CC(=O)N(Cc1ccc(Cl)cc1Cl)C(Cc1ccccc1)C(=O)NC(C)(C)C)S(=O)(=O)c1ccccc1. The zero-order valence-electron chi connectivity index (χ0n) is 26.4. The fourth-order valence-electron chi connectivity index (χ4n) is 5.13. The minimum atomic E-state index is -4.19. The van der Waals surface area contributed by atoms with Crippen molar-refractivity contribution >= 4 is 50.7 Å². The Morgan fingerprint density at radius 3 is 2.04 bits per heavy atom. The summed E-state index contributed by atoms with van der Waals surface area (Å²) in [4.78, 5) is 30.2. The second-order valence-electron chi connectivity index (χ2n) is 12.0. The van der Waals surface area contributed by atoms with E-state index in [1.165, 1.54) is 17.0 Å². The maximum Gasteiger partial charge on any atom is 0.264 e. The van der Waals surface area contributed by atoms with E-state index >= 15 is 0 Å². The Labute approximate surface area is 282 Å². The van der Waals surface area contributed by atoms with Gasteiger partial charge in [-0.2, -0.15) is 0 Å². The Hall–Kier alpha value is -3.85. The highest BCUT2D eigenvalue weighted by molar-refractivity contribution is 7.92. The molecule has 1 N–H and O–H groups in total. The fraction of sp³-hybridized carbons (Fsp3) is 0.278. The molecule has 0 aromatic heterocycles. The van der Waals surface area contributed by atoms with Crippen molar-refractivity contribution in [3.63, 3.8) is 0 Å². The van der Waals surface area contributed by atoms with Gasteiger partial charge in [-0.1, -0.05) is 103 Å². The van der Waals surface area contributed by atoms with Crippen LogP contribution in [0.15, 0.2) is 108 Å². The summed E-state index contributed by atoms with van der Waals surface area (Å²) in [6, 6.07) is 28.5. The van der Waals surface area contributed by atoms with E-state index in [0.29, 0.717) is 27.7 Å². The summed E-state index contributed by atoms with van der Waals surface area (Å²) in [5.41, 5.74) is 1.95. The van der Waals surface area contributed by atoms with Crippen LogP contribution < -0.4 is 9.62 Å². The van der Waals surface area contributed by atoms with Gasteiger partial charge < -0.3 is 10.2 Å². The minimum Gasteiger partial charge on any atom is -0.350 e. The molecule has 46 heavy (non-hydrogen) atoms. The van der Waals surface area contributed by atoms with Crippen LogP contribution in [0.2, 0.25) is 10.0 Å². The number of sulfonamides is 1. The lowest BCUT2D eigenvalue weighted by Gasteiger charge is -2.35. The summed E-state index contributed by atoms with van der Waals surface area (Å²) in [5, 5.41) is 3.77. The van der Waals surface area contributed by atoms with E-state index in [4.69, 9.17) is 23.2 Å². The van der Waals surface area contributed by atoms with E-state index in [2.05, 4.69) is 5.32 Å². The molecule has 0 aliphatic rings. The molecular formula is C36H39Cl2N3O4S. The number of anilines is 1. The van der Waals surface area contributed by atoms with Crippen molar-refractivity contribution < 1.29 is 18.0 Å². The number of carbonyl (C=O) groups is 2. The highest BCUT2D eigenvalue weighted by Crippen LogP contribution is 2.29. The third-order valence-electron chi connectivity index (χ3n) is 7.38. The van der Waals surface area contributed by atoms with E-state index in [0.717, 1.165) is 15.4 Å². The van der Waals surface area contributed by atoms with E-state index in [1.807, 2.05) is 70.2 Å². The van der Waals surface area contributed by atoms with Crippen LogP contribution in [-0.4, -0.2) is 43.3 Å². The average Bonchev–Trinajstić information content (AvgIpc) is 3.02. The van der Waals surface area contributed by atoms with Crippen LogP contribution in [0, 0.1) is 0 Å². The van der Waals surface area contributed by atoms with Gasteiger partial charge in [0.1, 0.15) is 12.6 Å². The summed E-state index contributed by atoms with van der Waals surface area (Å²) >= 11 is 12.8. The van der Waals surface area contributed by atoms with Crippen molar-refractivity contribution in [3.05, 3.63) is 130 Å². The second-order valence-corrected chi connectivity index (χ2v) is 14.7. The number of nitrogens with zero attached hydrogens (tertiary/aromatic N) is 2. The molecule has 0 radical (unpaired) electrons. The molecule has 4 aromatic rings. The normalized spacial score (nSPS) is 12.3. The van der Waals surface area contributed by atoms with Crippen molar-refractivity contribution in [2.75, 3.05) is 10.8 Å². The van der Waals surface area contributed by atoms with Gasteiger partial charge in [-0.25, -0.2) is 8.42 Å². The molecule has 7 nitrogen and oxygen atoms in total. The first-order valence-electron chi connectivity index (χ1n) is 15.0. The summed E-state index contributed by atoms with van der Waals surface area (Å²) in [5.74, 6) is -0.942. The fourth-order valence-corrected chi connectivity index (χ4v) is 7.07. The molecular weight excluding hydrogens is 641 g/mol. The Balaban J connectivity index is 1.86. The standard InChI is InChI=1S/C36H39Cl2N3O4S/c1-5-27-16-12-13-19-32(27)41(46(44,45)30-17-10-7-11-18-30)25-34(42)40(24-28-20-21-29(37)23-31(28)38)33(35(43)39-36(2,3)4)22-26-14-8-6-9-15-26/h6-21,23,33H,5,22,24-25H2,1-4H3,(H,39,43). The van der Waals surface area contributed by atoms with Gasteiger partial charge in [-0.05, 0) is 74.2 Å². The number of para-hydroxylation sites is 1. The molecule has 10 heteroatoms. The minimum absolute atomic E-state index is 0.0484. The predicted molar refractivity (Wildman–Crippen MR) is 186 cm³/mol. The first-order valence-corrected chi connectivity index (χ1v) is 17.2. The van der Waals surface area contributed by atoms with Crippen LogP contribution in [0.25, 0.3) is 0 Å². The number of hydrogen-bond donors (Lipinski definition) is 1. The predicted octanol–water partition coefficient (Wildman–Crippen LogP) is 7.31. The lowest BCUT2D eigenvalue weighted by Crippen LogP contribution is -2.56.